The van der Waals surface area contributed by atoms with Crippen molar-refractivity contribution in [2.24, 2.45) is 0 Å². The third-order valence-corrected chi connectivity index (χ3v) is 3.11. The lowest BCUT2D eigenvalue weighted by atomic mass is 10.1. The standard InChI is InChI=1S/C17H17NO3/c1-12(19)14-6-4-8-16(10-14)18-11-13-5-3-7-15(9-13)17(20)21-2/h3-10,18H,11H2,1-2H3. The highest BCUT2D eigenvalue weighted by Crippen LogP contribution is 2.13. The van der Waals surface area contributed by atoms with Crippen LogP contribution in [0.1, 0.15) is 33.2 Å². The third-order valence-electron chi connectivity index (χ3n) is 3.11. The van der Waals surface area contributed by atoms with Crippen molar-refractivity contribution in [2.75, 3.05) is 12.4 Å². The molecule has 0 amide bonds. The fourth-order valence-electron chi connectivity index (χ4n) is 1.98. The molecular weight excluding hydrogens is 266 g/mol. The van der Waals surface area contributed by atoms with Gasteiger partial charge in [0.05, 0.1) is 12.7 Å². The summed E-state index contributed by atoms with van der Waals surface area (Å²) >= 11 is 0. The van der Waals surface area contributed by atoms with Crippen molar-refractivity contribution in [3.8, 4) is 0 Å². The Balaban J connectivity index is 2.08. The number of benzene rings is 2. The predicted octanol–water partition coefficient (Wildman–Crippen LogP) is 3.29. The van der Waals surface area contributed by atoms with Crippen molar-refractivity contribution < 1.29 is 14.3 Å². The normalized spacial score (nSPS) is 10.0. The van der Waals surface area contributed by atoms with Crippen LogP contribution in [0.5, 0.6) is 0 Å². The van der Waals surface area contributed by atoms with E-state index in [-0.39, 0.29) is 11.8 Å². The van der Waals surface area contributed by atoms with E-state index in [4.69, 9.17) is 4.74 Å². The summed E-state index contributed by atoms with van der Waals surface area (Å²) in [4.78, 5) is 22.8. The van der Waals surface area contributed by atoms with Crippen molar-refractivity contribution >= 4 is 17.4 Å². The van der Waals surface area contributed by atoms with Gasteiger partial charge in [0.2, 0.25) is 0 Å². The average molecular weight is 283 g/mol. The zero-order valence-electron chi connectivity index (χ0n) is 12.1. The minimum Gasteiger partial charge on any atom is -0.465 e. The van der Waals surface area contributed by atoms with E-state index in [0.717, 1.165) is 11.3 Å². The Morgan fingerprint density at radius 3 is 2.48 bits per heavy atom. The van der Waals surface area contributed by atoms with Crippen LogP contribution >= 0.6 is 0 Å². The van der Waals surface area contributed by atoms with Crippen LogP contribution in [0.4, 0.5) is 5.69 Å². The average Bonchev–Trinajstić information content (AvgIpc) is 2.52. The van der Waals surface area contributed by atoms with Gasteiger partial charge in [-0.2, -0.15) is 0 Å². The van der Waals surface area contributed by atoms with Gasteiger partial charge < -0.3 is 10.1 Å². The largest absolute Gasteiger partial charge is 0.465 e. The van der Waals surface area contributed by atoms with E-state index in [2.05, 4.69) is 5.32 Å². The van der Waals surface area contributed by atoms with Crippen molar-refractivity contribution in [3.05, 3.63) is 65.2 Å². The summed E-state index contributed by atoms with van der Waals surface area (Å²) in [5, 5.41) is 3.24. The molecule has 0 radical (unpaired) electrons. The summed E-state index contributed by atoms with van der Waals surface area (Å²) in [5.41, 5.74) is 3.02. The first-order chi connectivity index (χ1) is 10.1. The molecule has 0 saturated carbocycles. The van der Waals surface area contributed by atoms with Gasteiger partial charge >= 0.3 is 5.97 Å². The fourth-order valence-corrected chi connectivity index (χ4v) is 1.98. The van der Waals surface area contributed by atoms with Crippen LogP contribution in [-0.4, -0.2) is 18.9 Å². The lowest BCUT2D eigenvalue weighted by Crippen LogP contribution is -2.04. The molecule has 4 nitrogen and oxygen atoms in total. The fraction of sp³-hybridized carbons (Fsp3) is 0.176. The first-order valence-electron chi connectivity index (χ1n) is 6.62. The summed E-state index contributed by atoms with van der Waals surface area (Å²) < 4.78 is 4.70. The van der Waals surface area contributed by atoms with Gasteiger partial charge in [-0.05, 0) is 36.8 Å². The third kappa shape index (κ3) is 3.92. The summed E-state index contributed by atoms with van der Waals surface area (Å²) in [6, 6.07) is 14.6. The maximum Gasteiger partial charge on any atom is 0.337 e. The molecule has 0 spiro atoms. The second-order valence-corrected chi connectivity index (χ2v) is 4.68. The number of esters is 1. The quantitative estimate of drug-likeness (QED) is 0.676. The second kappa shape index (κ2) is 6.70. The molecule has 108 valence electrons. The molecular formula is C17H17NO3. The Bertz CT molecular complexity index is 665. The number of anilines is 1. The van der Waals surface area contributed by atoms with Gasteiger partial charge in [0.25, 0.3) is 0 Å². The number of Topliss-reactive ketones (excluding diaryl/α,β-unsaturated/α-hetero) is 1. The molecule has 0 unspecified atom stereocenters. The van der Waals surface area contributed by atoms with E-state index in [9.17, 15) is 9.59 Å². The number of carbonyl (C=O) groups is 2. The highest BCUT2D eigenvalue weighted by Gasteiger charge is 2.05. The topological polar surface area (TPSA) is 55.4 Å². The minimum absolute atomic E-state index is 0.0336. The van der Waals surface area contributed by atoms with Crippen molar-refractivity contribution in [2.45, 2.75) is 13.5 Å². The van der Waals surface area contributed by atoms with Gasteiger partial charge in [-0.3, -0.25) is 4.79 Å². The molecule has 0 aromatic heterocycles. The number of nitrogens with one attached hydrogen (secondary N) is 1. The predicted molar refractivity (Wildman–Crippen MR) is 81.6 cm³/mol. The molecule has 2 aromatic carbocycles. The van der Waals surface area contributed by atoms with Gasteiger partial charge in [0.1, 0.15) is 0 Å². The number of rotatable bonds is 5. The zero-order chi connectivity index (χ0) is 15.2. The number of hydrogen-bond acceptors (Lipinski definition) is 4. The smallest absolute Gasteiger partial charge is 0.337 e. The molecule has 1 N–H and O–H groups in total. The molecule has 0 atom stereocenters. The molecule has 0 aliphatic heterocycles. The zero-order valence-corrected chi connectivity index (χ0v) is 12.1. The first-order valence-corrected chi connectivity index (χ1v) is 6.62. The Hall–Kier alpha value is -2.62. The van der Waals surface area contributed by atoms with E-state index in [1.54, 1.807) is 25.1 Å². The summed E-state index contributed by atoms with van der Waals surface area (Å²) in [5.74, 6) is -0.318. The second-order valence-electron chi connectivity index (χ2n) is 4.68. The Labute approximate surface area is 123 Å². The van der Waals surface area contributed by atoms with Crippen LogP contribution in [0.15, 0.2) is 48.5 Å². The van der Waals surface area contributed by atoms with E-state index >= 15 is 0 Å². The lowest BCUT2D eigenvalue weighted by molar-refractivity contribution is 0.0600. The van der Waals surface area contributed by atoms with Crippen LogP contribution in [0.2, 0.25) is 0 Å². The van der Waals surface area contributed by atoms with Gasteiger partial charge in [-0.1, -0.05) is 24.3 Å². The molecule has 2 aromatic rings. The molecule has 0 heterocycles. The van der Waals surface area contributed by atoms with E-state index in [0.29, 0.717) is 17.7 Å². The van der Waals surface area contributed by atoms with Gasteiger partial charge in [-0.25, -0.2) is 4.79 Å². The van der Waals surface area contributed by atoms with E-state index in [1.165, 1.54) is 7.11 Å². The number of ether oxygens (including phenoxy) is 1. The Morgan fingerprint density at radius 1 is 1.05 bits per heavy atom. The van der Waals surface area contributed by atoms with Crippen LogP contribution in [0.3, 0.4) is 0 Å². The minimum atomic E-state index is -0.351. The highest BCUT2D eigenvalue weighted by molar-refractivity contribution is 5.94. The SMILES string of the molecule is COC(=O)c1cccc(CNc2cccc(C(C)=O)c2)c1. The molecule has 0 fully saturated rings. The van der Waals surface area contributed by atoms with Crippen LogP contribution in [0, 0.1) is 0 Å². The summed E-state index contributed by atoms with van der Waals surface area (Å²) in [7, 11) is 1.36. The number of methoxy groups -OCH3 is 1. The number of carbonyl (C=O) groups excluding carboxylic acids is 2. The maximum atomic E-state index is 11.5. The monoisotopic (exact) mass is 283 g/mol. The maximum absolute atomic E-state index is 11.5. The molecule has 0 aliphatic rings. The molecule has 4 heteroatoms. The van der Waals surface area contributed by atoms with E-state index < -0.39 is 0 Å². The molecule has 0 saturated heterocycles. The lowest BCUT2D eigenvalue weighted by Gasteiger charge is -2.08. The van der Waals surface area contributed by atoms with E-state index in [1.807, 2.05) is 30.3 Å². The Morgan fingerprint density at radius 2 is 1.76 bits per heavy atom. The molecule has 0 aliphatic carbocycles. The van der Waals surface area contributed by atoms with Crippen LogP contribution < -0.4 is 5.32 Å². The van der Waals surface area contributed by atoms with Crippen LogP contribution in [-0.2, 0) is 11.3 Å². The summed E-state index contributed by atoms with van der Waals surface area (Å²) in [6.45, 7) is 2.10. The highest BCUT2D eigenvalue weighted by atomic mass is 16.5. The first kappa shape index (κ1) is 14.8. The summed E-state index contributed by atoms with van der Waals surface area (Å²) in [6.07, 6.45) is 0. The van der Waals surface area contributed by atoms with Crippen molar-refractivity contribution in [1.82, 2.24) is 0 Å². The van der Waals surface area contributed by atoms with Crippen molar-refractivity contribution in [3.63, 3.8) is 0 Å². The number of ketones is 1. The molecule has 21 heavy (non-hydrogen) atoms. The van der Waals surface area contributed by atoms with Crippen molar-refractivity contribution in [1.29, 1.82) is 0 Å². The molecule has 0 bridgehead atoms. The van der Waals surface area contributed by atoms with Crippen LogP contribution in [0.25, 0.3) is 0 Å². The number of hydrogen-bond donors (Lipinski definition) is 1. The van der Waals surface area contributed by atoms with Gasteiger partial charge in [-0.15, -0.1) is 0 Å². The Kier molecular flexibility index (Phi) is 4.72. The van der Waals surface area contributed by atoms with Gasteiger partial charge in [0.15, 0.2) is 5.78 Å². The molecule has 2 rings (SSSR count). The van der Waals surface area contributed by atoms with Gasteiger partial charge in [0, 0.05) is 17.8 Å².